The summed E-state index contributed by atoms with van der Waals surface area (Å²) in [4.78, 5) is 10.8. The fourth-order valence-corrected chi connectivity index (χ4v) is 1.29. The first-order valence-electron chi connectivity index (χ1n) is 3.79. The predicted octanol–water partition coefficient (Wildman–Crippen LogP) is -0.0649. The van der Waals surface area contributed by atoms with Gasteiger partial charge in [-0.15, -0.1) is 0 Å². The lowest BCUT2D eigenvalue weighted by atomic mass is 10.0. The SMILES string of the molecule is O=C1N[C@H](CCO)C[C@@]1(F)CF. The van der Waals surface area contributed by atoms with E-state index in [1.54, 1.807) is 0 Å². The molecule has 0 spiro atoms. The van der Waals surface area contributed by atoms with Gasteiger partial charge in [-0.2, -0.15) is 0 Å². The molecule has 12 heavy (non-hydrogen) atoms. The molecule has 0 radical (unpaired) electrons. The number of carbonyl (C=O) groups is 1. The van der Waals surface area contributed by atoms with Crippen LogP contribution in [0.5, 0.6) is 0 Å². The molecule has 0 aromatic rings. The fourth-order valence-electron chi connectivity index (χ4n) is 1.29. The Hall–Kier alpha value is -0.710. The monoisotopic (exact) mass is 179 g/mol. The molecule has 2 atom stereocenters. The second kappa shape index (κ2) is 3.35. The van der Waals surface area contributed by atoms with Gasteiger partial charge in [0.2, 0.25) is 5.67 Å². The number of hydrogen-bond acceptors (Lipinski definition) is 2. The fraction of sp³-hybridized carbons (Fsp3) is 0.857. The Morgan fingerprint density at radius 3 is 2.83 bits per heavy atom. The third-order valence-corrected chi connectivity index (χ3v) is 2.00. The highest BCUT2D eigenvalue weighted by atomic mass is 19.2. The maximum absolute atomic E-state index is 13.1. The number of aliphatic hydroxyl groups excluding tert-OH is 1. The molecule has 1 heterocycles. The van der Waals surface area contributed by atoms with E-state index in [1.165, 1.54) is 0 Å². The maximum atomic E-state index is 13.1. The Bertz CT molecular complexity index is 188. The van der Waals surface area contributed by atoms with Gasteiger partial charge in [-0.05, 0) is 6.42 Å². The summed E-state index contributed by atoms with van der Waals surface area (Å²) in [5.41, 5.74) is -2.36. The van der Waals surface area contributed by atoms with Crippen LogP contribution in [0.1, 0.15) is 12.8 Å². The number of rotatable bonds is 3. The largest absolute Gasteiger partial charge is 0.396 e. The molecule has 0 aromatic heterocycles. The van der Waals surface area contributed by atoms with Gasteiger partial charge in [0.25, 0.3) is 5.91 Å². The van der Waals surface area contributed by atoms with Crippen molar-refractivity contribution < 1.29 is 18.7 Å². The van der Waals surface area contributed by atoms with Crippen molar-refractivity contribution in [1.82, 2.24) is 5.32 Å². The van der Waals surface area contributed by atoms with E-state index < -0.39 is 24.3 Å². The number of amides is 1. The number of hydrogen-bond donors (Lipinski definition) is 2. The molecule has 3 nitrogen and oxygen atoms in total. The van der Waals surface area contributed by atoms with Gasteiger partial charge in [0, 0.05) is 19.1 Å². The van der Waals surface area contributed by atoms with Gasteiger partial charge < -0.3 is 10.4 Å². The molecule has 1 fully saturated rings. The van der Waals surface area contributed by atoms with Crippen LogP contribution in [-0.2, 0) is 4.79 Å². The van der Waals surface area contributed by atoms with Crippen molar-refractivity contribution in [3.05, 3.63) is 0 Å². The summed E-state index contributed by atoms with van der Waals surface area (Å²) >= 11 is 0. The van der Waals surface area contributed by atoms with E-state index in [2.05, 4.69) is 5.32 Å². The van der Waals surface area contributed by atoms with Crippen LogP contribution in [-0.4, -0.2) is 36.0 Å². The number of aliphatic hydroxyl groups is 1. The minimum absolute atomic E-state index is 0.132. The van der Waals surface area contributed by atoms with Crippen molar-refractivity contribution in [1.29, 1.82) is 0 Å². The quantitative estimate of drug-likeness (QED) is 0.637. The Morgan fingerprint density at radius 2 is 2.42 bits per heavy atom. The average molecular weight is 179 g/mol. The van der Waals surface area contributed by atoms with Crippen LogP contribution < -0.4 is 5.32 Å². The highest BCUT2D eigenvalue weighted by Gasteiger charge is 2.47. The third-order valence-electron chi connectivity index (χ3n) is 2.00. The predicted molar refractivity (Wildman–Crippen MR) is 38.1 cm³/mol. The lowest BCUT2D eigenvalue weighted by molar-refractivity contribution is -0.130. The van der Waals surface area contributed by atoms with Gasteiger partial charge in [0.05, 0.1) is 0 Å². The summed E-state index contributed by atoms with van der Waals surface area (Å²) in [5.74, 6) is -0.900. The maximum Gasteiger partial charge on any atom is 0.260 e. The second-order valence-electron chi connectivity index (χ2n) is 2.99. The van der Waals surface area contributed by atoms with Crippen LogP contribution in [0.4, 0.5) is 8.78 Å². The summed E-state index contributed by atoms with van der Waals surface area (Å²) in [6.45, 7) is -1.42. The third kappa shape index (κ3) is 1.55. The van der Waals surface area contributed by atoms with E-state index in [0.717, 1.165) is 0 Å². The normalized spacial score (nSPS) is 35.2. The summed E-state index contributed by atoms with van der Waals surface area (Å²) in [6, 6.07) is -0.428. The lowest BCUT2D eigenvalue weighted by Crippen LogP contribution is -2.35. The standard InChI is InChI=1S/C7H11F2NO2/c8-4-7(9)3-5(1-2-11)10-6(7)12/h5,11H,1-4H2,(H,10,12)/t5-,7-/m1/s1. The van der Waals surface area contributed by atoms with Gasteiger partial charge in [0.15, 0.2) is 0 Å². The van der Waals surface area contributed by atoms with E-state index in [0.29, 0.717) is 0 Å². The van der Waals surface area contributed by atoms with E-state index in [4.69, 9.17) is 5.11 Å². The zero-order valence-electron chi connectivity index (χ0n) is 6.52. The van der Waals surface area contributed by atoms with Gasteiger partial charge in [-0.25, -0.2) is 8.78 Å². The average Bonchev–Trinajstić information content (AvgIpc) is 2.30. The van der Waals surface area contributed by atoms with E-state index >= 15 is 0 Å². The molecule has 0 aliphatic carbocycles. The van der Waals surface area contributed by atoms with Crippen molar-refractivity contribution in [2.45, 2.75) is 24.6 Å². The molecule has 5 heteroatoms. The second-order valence-corrected chi connectivity index (χ2v) is 2.99. The van der Waals surface area contributed by atoms with Crippen molar-refractivity contribution >= 4 is 5.91 Å². The number of carbonyl (C=O) groups excluding carboxylic acids is 1. The molecule has 1 saturated heterocycles. The minimum atomic E-state index is -2.36. The molecular formula is C7H11F2NO2. The van der Waals surface area contributed by atoms with Crippen LogP contribution in [0.25, 0.3) is 0 Å². The van der Waals surface area contributed by atoms with Crippen LogP contribution >= 0.6 is 0 Å². The molecule has 0 unspecified atom stereocenters. The molecule has 2 N–H and O–H groups in total. The van der Waals surface area contributed by atoms with E-state index in [-0.39, 0.29) is 19.4 Å². The molecule has 1 aliphatic rings. The first kappa shape index (κ1) is 9.38. The summed E-state index contributed by atoms with van der Waals surface area (Å²) in [6.07, 6.45) is 0.0975. The van der Waals surface area contributed by atoms with Gasteiger partial charge in [-0.3, -0.25) is 4.79 Å². The zero-order valence-corrected chi connectivity index (χ0v) is 6.52. The molecule has 1 rings (SSSR count). The van der Waals surface area contributed by atoms with Crippen LogP contribution in [0, 0.1) is 0 Å². The van der Waals surface area contributed by atoms with Crippen molar-refractivity contribution in [3.8, 4) is 0 Å². The number of halogens is 2. The van der Waals surface area contributed by atoms with Crippen molar-refractivity contribution in [2.24, 2.45) is 0 Å². The van der Waals surface area contributed by atoms with E-state index in [1.807, 2.05) is 0 Å². The smallest absolute Gasteiger partial charge is 0.260 e. The summed E-state index contributed by atoms with van der Waals surface area (Å²) in [7, 11) is 0. The molecule has 1 aliphatic heterocycles. The molecule has 70 valence electrons. The minimum Gasteiger partial charge on any atom is -0.396 e. The van der Waals surface area contributed by atoms with Gasteiger partial charge in [-0.1, -0.05) is 0 Å². The van der Waals surface area contributed by atoms with Crippen LogP contribution in [0.2, 0.25) is 0 Å². The first-order chi connectivity index (χ1) is 5.62. The lowest BCUT2D eigenvalue weighted by Gasteiger charge is -2.10. The highest BCUT2D eigenvalue weighted by molar-refractivity contribution is 5.87. The van der Waals surface area contributed by atoms with Crippen molar-refractivity contribution in [3.63, 3.8) is 0 Å². The summed E-state index contributed by atoms with van der Waals surface area (Å²) < 4.78 is 25.2. The Kier molecular flexibility index (Phi) is 2.62. The van der Waals surface area contributed by atoms with Gasteiger partial charge in [0.1, 0.15) is 6.67 Å². The number of nitrogens with one attached hydrogen (secondary N) is 1. The van der Waals surface area contributed by atoms with Gasteiger partial charge >= 0.3 is 0 Å². The Balaban J connectivity index is 2.56. The topological polar surface area (TPSA) is 49.3 Å². The zero-order chi connectivity index (χ0) is 9.19. The molecule has 0 bridgehead atoms. The van der Waals surface area contributed by atoms with Crippen molar-refractivity contribution in [2.75, 3.05) is 13.3 Å². The molecule has 0 saturated carbocycles. The van der Waals surface area contributed by atoms with E-state index in [9.17, 15) is 13.6 Å². The molecule has 1 amide bonds. The molecule has 0 aromatic carbocycles. The Labute approximate surface area is 68.8 Å². The highest BCUT2D eigenvalue weighted by Crippen LogP contribution is 2.26. The number of alkyl halides is 2. The first-order valence-corrected chi connectivity index (χ1v) is 3.79. The Morgan fingerprint density at radius 1 is 1.75 bits per heavy atom. The van der Waals surface area contributed by atoms with Crippen LogP contribution in [0.3, 0.4) is 0 Å². The van der Waals surface area contributed by atoms with Crippen LogP contribution in [0.15, 0.2) is 0 Å². The summed E-state index contributed by atoms with van der Waals surface area (Å²) in [5, 5.41) is 10.8. The molecular weight excluding hydrogens is 168 g/mol.